The normalized spacial score (nSPS) is 30.4. The molecular formula is C14H24O4. The van der Waals surface area contributed by atoms with E-state index in [0.717, 1.165) is 51.4 Å². The van der Waals surface area contributed by atoms with Crippen LogP contribution in [0.3, 0.4) is 0 Å². The predicted octanol–water partition coefficient (Wildman–Crippen LogP) is 2.34. The van der Waals surface area contributed by atoms with Crippen LogP contribution in [0.15, 0.2) is 0 Å². The molecule has 2 fully saturated rings. The second-order valence-corrected chi connectivity index (χ2v) is 5.67. The molecule has 2 N–H and O–H groups in total. The summed E-state index contributed by atoms with van der Waals surface area (Å²) < 4.78 is 5.57. The Morgan fingerprint density at radius 2 is 1.61 bits per heavy atom. The lowest BCUT2D eigenvalue weighted by Gasteiger charge is -2.40. The molecule has 4 nitrogen and oxygen atoms in total. The number of hydrogen-bond acceptors (Lipinski definition) is 3. The van der Waals surface area contributed by atoms with Gasteiger partial charge >= 0.3 is 5.97 Å². The lowest BCUT2D eigenvalue weighted by atomic mass is 9.76. The van der Waals surface area contributed by atoms with Gasteiger partial charge in [0, 0.05) is 12.5 Å². The Kier molecular flexibility index (Phi) is 4.62. The van der Waals surface area contributed by atoms with Crippen LogP contribution < -0.4 is 0 Å². The molecule has 18 heavy (non-hydrogen) atoms. The van der Waals surface area contributed by atoms with Gasteiger partial charge < -0.3 is 14.9 Å². The van der Waals surface area contributed by atoms with Crippen molar-refractivity contribution in [1.29, 1.82) is 0 Å². The highest BCUT2D eigenvalue weighted by Crippen LogP contribution is 2.38. The van der Waals surface area contributed by atoms with Crippen molar-refractivity contribution in [3.8, 4) is 0 Å². The predicted molar refractivity (Wildman–Crippen MR) is 67.4 cm³/mol. The molecule has 0 amide bonds. The van der Waals surface area contributed by atoms with Crippen molar-refractivity contribution in [3.63, 3.8) is 0 Å². The number of rotatable bonds is 3. The highest BCUT2D eigenvalue weighted by atomic mass is 16.5. The molecule has 2 atom stereocenters. The molecule has 0 bridgehead atoms. The van der Waals surface area contributed by atoms with Gasteiger partial charge in [-0.1, -0.05) is 25.7 Å². The van der Waals surface area contributed by atoms with Crippen molar-refractivity contribution in [2.24, 2.45) is 5.92 Å². The van der Waals surface area contributed by atoms with Gasteiger partial charge in [0.15, 0.2) is 5.60 Å². The second-order valence-electron chi connectivity index (χ2n) is 5.67. The van der Waals surface area contributed by atoms with Gasteiger partial charge in [0.05, 0.1) is 6.10 Å². The number of aliphatic hydroxyl groups is 1. The molecule has 4 heteroatoms. The summed E-state index contributed by atoms with van der Waals surface area (Å²) in [5.41, 5.74) is -1.68. The summed E-state index contributed by atoms with van der Waals surface area (Å²) in [5, 5.41) is 20.2. The maximum atomic E-state index is 11.6. The van der Waals surface area contributed by atoms with E-state index in [0.29, 0.717) is 13.0 Å². The van der Waals surface area contributed by atoms with Gasteiger partial charge in [-0.2, -0.15) is 0 Å². The van der Waals surface area contributed by atoms with Gasteiger partial charge in [-0.3, -0.25) is 0 Å². The van der Waals surface area contributed by atoms with Crippen LogP contribution in [0.2, 0.25) is 0 Å². The van der Waals surface area contributed by atoms with Crippen LogP contribution in [0.25, 0.3) is 0 Å². The highest BCUT2D eigenvalue weighted by Gasteiger charge is 2.51. The number of carbonyl (C=O) groups is 1. The molecule has 0 radical (unpaired) electrons. The van der Waals surface area contributed by atoms with Crippen molar-refractivity contribution < 1.29 is 19.7 Å². The summed E-state index contributed by atoms with van der Waals surface area (Å²) in [4.78, 5) is 11.6. The minimum Gasteiger partial charge on any atom is -0.479 e. The molecule has 2 unspecified atom stereocenters. The molecule has 0 aromatic rings. The van der Waals surface area contributed by atoms with Gasteiger partial charge in [-0.25, -0.2) is 4.79 Å². The molecule has 1 saturated carbocycles. The van der Waals surface area contributed by atoms with Gasteiger partial charge in [0.2, 0.25) is 0 Å². The third kappa shape index (κ3) is 2.69. The first-order chi connectivity index (χ1) is 8.65. The van der Waals surface area contributed by atoms with Crippen LogP contribution in [0.1, 0.15) is 57.8 Å². The van der Waals surface area contributed by atoms with Crippen molar-refractivity contribution in [2.75, 3.05) is 6.61 Å². The summed E-state index contributed by atoms with van der Waals surface area (Å²) in [6.45, 7) is 0.576. The Morgan fingerprint density at radius 1 is 1.00 bits per heavy atom. The third-order valence-electron chi connectivity index (χ3n) is 4.49. The van der Waals surface area contributed by atoms with Crippen LogP contribution in [0.5, 0.6) is 0 Å². The molecule has 1 aliphatic heterocycles. The molecule has 0 aromatic heterocycles. The summed E-state index contributed by atoms with van der Waals surface area (Å²) in [6.07, 6.45) is 8.02. The Bertz CT molecular complexity index is 278. The maximum absolute atomic E-state index is 11.6. The van der Waals surface area contributed by atoms with Crippen molar-refractivity contribution in [1.82, 2.24) is 0 Å². The number of ether oxygens (including phenoxy) is 1. The molecular weight excluding hydrogens is 232 g/mol. The highest BCUT2D eigenvalue weighted by molar-refractivity contribution is 5.78. The molecule has 2 aliphatic rings. The van der Waals surface area contributed by atoms with E-state index in [9.17, 15) is 15.0 Å². The van der Waals surface area contributed by atoms with Crippen molar-refractivity contribution in [2.45, 2.75) is 69.5 Å². The van der Waals surface area contributed by atoms with E-state index in [2.05, 4.69) is 0 Å². The smallest absolute Gasteiger partial charge is 0.338 e. The van der Waals surface area contributed by atoms with Crippen LogP contribution in [-0.4, -0.2) is 34.5 Å². The Labute approximate surface area is 108 Å². The Hall–Kier alpha value is -0.610. The molecule has 1 saturated heterocycles. The molecule has 0 aromatic carbocycles. The SMILES string of the molecule is O=C(O)C(O)(C1CCCCCC1)C1CCCCO1. The zero-order chi connectivity index (χ0) is 13.0. The molecule has 1 heterocycles. The fourth-order valence-corrected chi connectivity index (χ4v) is 3.38. The molecule has 2 rings (SSSR count). The minimum absolute atomic E-state index is 0.152. The zero-order valence-corrected chi connectivity index (χ0v) is 10.9. The van der Waals surface area contributed by atoms with Crippen LogP contribution in [-0.2, 0) is 9.53 Å². The number of carboxylic acids is 1. The quantitative estimate of drug-likeness (QED) is 0.761. The van der Waals surface area contributed by atoms with Crippen LogP contribution >= 0.6 is 0 Å². The standard InChI is InChI=1S/C14H24O4/c15-13(16)14(17,12-9-5-6-10-18-12)11-7-3-1-2-4-8-11/h11-12,17H,1-10H2,(H,15,16). The summed E-state index contributed by atoms with van der Waals surface area (Å²) in [5.74, 6) is -1.25. The molecule has 0 spiro atoms. The van der Waals surface area contributed by atoms with E-state index < -0.39 is 17.7 Å². The lowest BCUT2D eigenvalue weighted by Crippen LogP contribution is -2.57. The van der Waals surface area contributed by atoms with E-state index in [4.69, 9.17) is 4.74 Å². The second kappa shape index (κ2) is 6.02. The van der Waals surface area contributed by atoms with E-state index in [1.165, 1.54) is 0 Å². The van der Waals surface area contributed by atoms with Gasteiger partial charge in [-0.05, 0) is 32.1 Å². The summed E-state index contributed by atoms with van der Waals surface area (Å²) >= 11 is 0. The average molecular weight is 256 g/mol. The molecule has 1 aliphatic carbocycles. The van der Waals surface area contributed by atoms with E-state index in [1.807, 2.05) is 0 Å². The Morgan fingerprint density at radius 3 is 2.11 bits per heavy atom. The topological polar surface area (TPSA) is 66.8 Å². The van der Waals surface area contributed by atoms with E-state index in [1.54, 1.807) is 0 Å². The zero-order valence-electron chi connectivity index (χ0n) is 10.9. The van der Waals surface area contributed by atoms with Gasteiger partial charge in [-0.15, -0.1) is 0 Å². The monoisotopic (exact) mass is 256 g/mol. The average Bonchev–Trinajstić information content (AvgIpc) is 2.67. The lowest BCUT2D eigenvalue weighted by molar-refractivity contribution is -0.195. The summed E-state index contributed by atoms with van der Waals surface area (Å²) in [7, 11) is 0. The first kappa shape index (κ1) is 13.8. The third-order valence-corrected chi connectivity index (χ3v) is 4.49. The fraction of sp³-hybridized carbons (Fsp3) is 0.929. The Balaban J connectivity index is 2.15. The number of carboxylic acid groups (broad SMARTS) is 1. The maximum Gasteiger partial charge on any atom is 0.338 e. The molecule has 104 valence electrons. The summed E-state index contributed by atoms with van der Waals surface area (Å²) in [6, 6.07) is 0. The van der Waals surface area contributed by atoms with E-state index >= 15 is 0 Å². The number of aliphatic carboxylic acids is 1. The first-order valence-corrected chi connectivity index (χ1v) is 7.23. The largest absolute Gasteiger partial charge is 0.479 e. The van der Waals surface area contributed by atoms with Gasteiger partial charge in [0.1, 0.15) is 0 Å². The van der Waals surface area contributed by atoms with Crippen molar-refractivity contribution in [3.05, 3.63) is 0 Å². The number of hydrogen-bond donors (Lipinski definition) is 2. The van der Waals surface area contributed by atoms with Gasteiger partial charge in [0.25, 0.3) is 0 Å². The first-order valence-electron chi connectivity index (χ1n) is 7.23. The fourth-order valence-electron chi connectivity index (χ4n) is 3.38. The van der Waals surface area contributed by atoms with Crippen LogP contribution in [0.4, 0.5) is 0 Å². The van der Waals surface area contributed by atoms with Crippen LogP contribution in [0, 0.1) is 5.92 Å². The minimum atomic E-state index is -1.68. The van der Waals surface area contributed by atoms with E-state index in [-0.39, 0.29) is 5.92 Å². The van der Waals surface area contributed by atoms with Crippen molar-refractivity contribution >= 4 is 5.97 Å².